The van der Waals surface area contributed by atoms with Crippen LogP contribution in [0.15, 0.2) is 12.3 Å². The lowest BCUT2D eigenvalue weighted by molar-refractivity contribution is -0.128. The Labute approximate surface area is 128 Å². The van der Waals surface area contributed by atoms with Crippen LogP contribution in [-0.4, -0.2) is 39.1 Å². The molecule has 1 aliphatic heterocycles. The van der Waals surface area contributed by atoms with Gasteiger partial charge in [0.25, 0.3) is 0 Å². The number of hydrogen-bond donors (Lipinski definition) is 0. The molecule has 2 heterocycles. The molecule has 1 aromatic heterocycles. The zero-order chi connectivity index (χ0) is 15.5. The highest BCUT2D eigenvalue weighted by atomic mass is 16.1. The maximum absolute atomic E-state index is 12.7. The first-order valence-corrected chi connectivity index (χ1v) is 8.23. The second-order valence-corrected chi connectivity index (χ2v) is 6.94. The van der Waals surface area contributed by atoms with E-state index < -0.39 is 0 Å². The predicted molar refractivity (Wildman–Crippen MR) is 85.4 cm³/mol. The van der Waals surface area contributed by atoms with Gasteiger partial charge >= 0.3 is 0 Å². The molecule has 1 saturated heterocycles. The summed E-state index contributed by atoms with van der Waals surface area (Å²) in [6.07, 6.45) is 7.39. The van der Waals surface area contributed by atoms with Crippen LogP contribution in [0.3, 0.4) is 0 Å². The highest BCUT2D eigenvalue weighted by molar-refractivity contribution is 5.89. The highest BCUT2D eigenvalue weighted by Crippen LogP contribution is 2.22. The van der Waals surface area contributed by atoms with E-state index >= 15 is 0 Å². The minimum atomic E-state index is -0.383. The topological polar surface area (TPSA) is 38.1 Å². The number of Topliss-reactive ketones (excluding diaryl/α,β-unsaturated/α-hetero) is 1. The van der Waals surface area contributed by atoms with Crippen molar-refractivity contribution in [1.82, 2.24) is 14.7 Å². The lowest BCUT2D eigenvalue weighted by atomic mass is 9.93. The Bertz CT molecular complexity index is 468. The Morgan fingerprint density at radius 3 is 2.38 bits per heavy atom. The fourth-order valence-corrected chi connectivity index (χ4v) is 2.95. The van der Waals surface area contributed by atoms with E-state index in [0.717, 1.165) is 18.8 Å². The molecule has 4 heteroatoms. The minimum Gasteiger partial charge on any atom is -0.297 e. The second kappa shape index (κ2) is 6.73. The van der Waals surface area contributed by atoms with Gasteiger partial charge in [-0.1, -0.05) is 12.8 Å². The van der Waals surface area contributed by atoms with E-state index in [0.29, 0.717) is 12.5 Å². The third-order valence-corrected chi connectivity index (χ3v) is 4.61. The van der Waals surface area contributed by atoms with Crippen molar-refractivity contribution >= 4 is 5.78 Å². The average molecular weight is 291 g/mol. The van der Waals surface area contributed by atoms with Crippen LogP contribution in [0.2, 0.25) is 0 Å². The van der Waals surface area contributed by atoms with E-state index in [1.54, 1.807) is 0 Å². The fraction of sp³-hybridized carbons (Fsp3) is 0.765. The number of carbonyl (C=O) groups is 1. The van der Waals surface area contributed by atoms with E-state index in [4.69, 9.17) is 0 Å². The van der Waals surface area contributed by atoms with Gasteiger partial charge in [-0.3, -0.25) is 14.4 Å². The summed E-state index contributed by atoms with van der Waals surface area (Å²) in [6, 6.07) is 2.31. The predicted octanol–water partition coefficient (Wildman–Crippen LogP) is 3.23. The van der Waals surface area contributed by atoms with Gasteiger partial charge in [0, 0.05) is 12.2 Å². The van der Waals surface area contributed by atoms with Crippen LogP contribution in [0, 0.1) is 0 Å². The first kappa shape index (κ1) is 16.2. The van der Waals surface area contributed by atoms with Crippen LogP contribution < -0.4 is 0 Å². The number of hydrogen-bond acceptors (Lipinski definition) is 3. The Morgan fingerprint density at radius 1 is 1.24 bits per heavy atom. The van der Waals surface area contributed by atoms with Gasteiger partial charge in [0.1, 0.15) is 0 Å². The molecule has 1 fully saturated rings. The molecule has 4 nitrogen and oxygen atoms in total. The molecular weight excluding hydrogens is 262 g/mol. The third kappa shape index (κ3) is 3.94. The normalized spacial score (nSPS) is 18.0. The van der Waals surface area contributed by atoms with E-state index in [2.05, 4.69) is 37.7 Å². The second-order valence-electron chi connectivity index (χ2n) is 6.94. The number of aromatic nitrogens is 2. The number of carbonyl (C=O) groups excluding carboxylic acids is 1. The average Bonchev–Trinajstić information content (AvgIpc) is 2.72. The SMILES string of the molecule is CC(C)n1ccc(CC(=O)C(C)(C)N2CCCCCC2)n1. The number of rotatable bonds is 5. The molecule has 0 radical (unpaired) electrons. The third-order valence-electron chi connectivity index (χ3n) is 4.61. The van der Waals surface area contributed by atoms with Crippen molar-refractivity contribution < 1.29 is 4.79 Å². The number of likely N-dealkylation sites (tertiary alicyclic amines) is 1. The molecule has 0 unspecified atom stereocenters. The van der Waals surface area contributed by atoms with Crippen molar-refractivity contribution in [2.24, 2.45) is 0 Å². The summed E-state index contributed by atoms with van der Waals surface area (Å²) in [6.45, 7) is 10.4. The maximum Gasteiger partial charge on any atom is 0.158 e. The van der Waals surface area contributed by atoms with Crippen LogP contribution in [0.25, 0.3) is 0 Å². The number of ketones is 1. The molecule has 0 spiro atoms. The first-order valence-electron chi connectivity index (χ1n) is 8.23. The Kier molecular flexibility index (Phi) is 5.20. The van der Waals surface area contributed by atoms with Gasteiger partial charge < -0.3 is 0 Å². The van der Waals surface area contributed by atoms with Crippen LogP contribution in [0.4, 0.5) is 0 Å². The Balaban J connectivity index is 2.02. The van der Waals surface area contributed by atoms with Crippen LogP contribution >= 0.6 is 0 Å². The van der Waals surface area contributed by atoms with Gasteiger partial charge in [0.15, 0.2) is 5.78 Å². The van der Waals surface area contributed by atoms with Crippen molar-refractivity contribution in [2.45, 2.75) is 71.4 Å². The summed E-state index contributed by atoms with van der Waals surface area (Å²) in [5.74, 6) is 0.276. The monoisotopic (exact) mass is 291 g/mol. The van der Waals surface area contributed by atoms with Crippen molar-refractivity contribution in [3.05, 3.63) is 18.0 Å². The molecule has 0 aliphatic carbocycles. The van der Waals surface area contributed by atoms with Crippen LogP contribution in [0.5, 0.6) is 0 Å². The van der Waals surface area contributed by atoms with Gasteiger partial charge in [-0.05, 0) is 59.7 Å². The molecule has 118 valence electrons. The quantitative estimate of drug-likeness (QED) is 0.836. The molecular formula is C17H29N3O. The highest BCUT2D eigenvalue weighted by Gasteiger charge is 2.34. The first-order chi connectivity index (χ1) is 9.91. The van der Waals surface area contributed by atoms with E-state index in [9.17, 15) is 4.79 Å². The van der Waals surface area contributed by atoms with Gasteiger partial charge in [0.2, 0.25) is 0 Å². The van der Waals surface area contributed by atoms with Gasteiger partial charge in [-0.2, -0.15) is 5.10 Å². The van der Waals surface area contributed by atoms with Crippen molar-refractivity contribution in [3.63, 3.8) is 0 Å². The van der Waals surface area contributed by atoms with E-state index in [-0.39, 0.29) is 11.3 Å². The van der Waals surface area contributed by atoms with E-state index in [1.807, 2.05) is 16.9 Å². The summed E-state index contributed by atoms with van der Waals surface area (Å²) in [5.41, 5.74) is 0.503. The smallest absolute Gasteiger partial charge is 0.158 e. The Hall–Kier alpha value is -1.16. The lowest BCUT2D eigenvalue weighted by Gasteiger charge is -2.36. The lowest BCUT2D eigenvalue weighted by Crippen LogP contribution is -2.51. The molecule has 0 atom stereocenters. The maximum atomic E-state index is 12.7. The van der Waals surface area contributed by atoms with Gasteiger partial charge in [-0.25, -0.2) is 0 Å². The molecule has 0 saturated carbocycles. The molecule has 1 aliphatic rings. The molecule has 0 amide bonds. The molecule has 1 aromatic rings. The van der Waals surface area contributed by atoms with Crippen molar-refractivity contribution in [1.29, 1.82) is 0 Å². The van der Waals surface area contributed by atoms with Crippen LogP contribution in [-0.2, 0) is 11.2 Å². The standard InChI is InChI=1S/C17H29N3O/c1-14(2)20-12-9-15(18-20)13-16(21)17(3,4)19-10-7-5-6-8-11-19/h9,12,14H,5-8,10-11,13H2,1-4H3. The minimum absolute atomic E-state index is 0.276. The zero-order valence-corrected chi connectivity index (χ0v) is 13.9. The molecule has 0 N–H and O–H groups in total. The Morgan fingerprint density at radius 2 is 1.86 bits per heavy atom. The zero-order valence-electron chi connectivity index (χ0n) is 13.9. The molecule has 2 rings (SSSR count). The van der Waals surface area contributed by atoms with Gasteiger partial charge in [0.05, 0.1) is 17.7 Å². The largest absolute Gasteiger partial charge is 0.297 e. The van der Waals surface area contributed by atoms with Gasteiger partial charge in [-0.15, -0.1) is 0 Å². The number of nitrogens with zero attached hydrogens (tertiary/aromatic N) is 3. The van der Waals surface area contributed by atoms with Crippen LogP contribution in [0.1, 0.15) is 65.1 Å². The summed E-state index contributed by atoms with van der Waals surface area (Å²) in [5, 5.41) is 4.50. The van der Waals surface area contributed by atoms with E-state index in [1.165, 1.54) is 25.7 Å². The van der Waals surface area contributed by atoms with Crippen molar-refractivity contribution in [3.8, 4) is 0 Å². The molecule has 0 bridgehead atoms. The summed E-state index contributed by atoms with van der Waals surface area (Å²) >= 11 is 0. The fourth-order valence-electron chi connectivity index (χ4n) is 2.95. The summed E-state index contributed by atoms with van der Waals surface area (Å²) in [7, 11) is 0. The summed E-state index contributed by atoms with van der Waals surface area (Å²) < 4.78 is 1.92. The molecule has 21 heavy (non-hydrogen) atoms. The summed E-state index contributed by atoms with van der Waals surface area (Å²) in [4.78, 5) is 15.1. The molecule has 0 aromatic carbocycles. The van der Waals surface area contributed by atoms with Crippen molar-refractivity contribution in [2.75, 3.05) is 13.1 Å².